The molecule has 0 bridgehead atoms. The van der Waals surface area contributed by atoms with Gasteiger partial charge < -0.3 is 5.73 Å². The Kier molecular flexibility index (Phi) is 4.22. The number of likely N-dealkylation sites (tertiary alicyclic amines) is 1. The fraction of sp³-hybridized carbons (Fsp3) is 0.538. The van der Waals surface area contributed by atoms with Gasteiger partial charge in [-0.2, -0.15) is 0 Å². The highest BCUT2D eigenvalue weighted by molar-refractivity contribution is 6.30. The van der Waals surface area contributed by atoms with Gasteiger partial charge in [0.25, 0.3) is 0 Å². The highest BCUT2D eigenvalue weighted by Gasteiger charge is 2.20. The van der Waals surface area contributed by atoms with Crippen molar-refractivity contribution in [2.75, 3.05) is 19.6 Å². The van der Waals surface area contributed by atoms with Crippen molar-refractivity contribution in [2.24, 2.45) is 5.73 Å². The Balaban J connectivity index is 2.11. The minimum absolute atomic E-state index is 0.359. The molecule has 88 valence electrons. The molecule has 1 aliphatic heterocycles. The summed E-state index contributed by atoms with van der Waals surface area (Å²) in [7, 11) is 0. The van der Waals surface area contributed by atoms with Crippen molar-refractivity contribution in [3.63, 3.8) is 0 Å². The first-order valence-electron chi connectivity index (χ1n) is 6.01. The van der Waals surface area contributed by atoms with Crippen LogP contribution in [0.5, 0.6) is 0 Å². The van der Waals surface area contributed by atoms with Crippen molar-refractivity contribution >= 4 is 11.6 Å². The zero-order valence-electron chi connectivity index (χ0n) is 9.53. The SMILES string of the molecule is NC[C@@H](c1ccc(Cl)cc1)N1CCCCC1. The molecule has 1 aromatic rings. The summed E-state index contributed by atoms with van der Waals surface area (Å²) < 4.78 is 0. The number of hydrogen-bond donors (Lipinski definition) is 1. The summed E-state index contributed by atoms with van der Waals surface area (Å²) in [5.74, 6) is 0. The maximum Gasteiger partial charge on any atom is 0.0470 e. The first-order chi connectivity index (χ1) is 7.81. The molecule has 2 nitrogen and oxygen atoms in total. The third kappa shape index (κ3) is 2.76. The van der Waals surface area contributed by atoms with Crippen LogP contribution < -0.4 is 5.73 Å². The van der Waals surface area contributed by atoms with Gasteiger partial charge in [0.15, 0.2) is 0 Å². The van der Waals surface area contributed by atoms with E-state index in [9.17, 15) is 0 Å². The Morgan fingerprint density at radius 1 is 1.12 bits per heavy atom. The second-order valence-corrected chi connectivity index (χ2v) is 4.84. The predicted octanol–water partition coefficient (Wildman–Crippen LogP) is 2.83. The molecular formula is C13H19ClN2. The maximum atomic E-state index is 5.90. The van der Waals surface area contributed by atoms with E-state index in [2.05, 4.69) is 17.0 Å². The van der Waals surface area contributed by atoms with E-state index in [1.807, 2.05) is 12.1 Å². The average Bonchev–Trinajstić information content (AvgIpc) is 2.34. The highest BCUT2D eigenvalue weighted by Crippen LogP contribution is 2.24. The van der Waals surface area contributed by atoms with Gasteiger partial charge in [-0.3, -0.25) is 4.90 Å². The van der Waals surface area contributed by atoms with Crippen LogP contribution in [0.25, 0.3) is 0 Å². The lowest BCUT2D eigenvalue weighted by Crippen LogP contribution is -2.37. The molecule has 0 amide bonds. The van der Waals surface area contributed by atoms with E-state index < -0.39 is 0 Å². The number of piperidine rings is 1. The van der Waals surface area contributed by atoms with Crippen molar-refractivity contribution in [1.29, 1.82) is 0 Å². The van der Waals surface area contributed by atoms with Crippen LogP contribution in [0.1, 0.15) is 30.9 Å². The van der Waals surface area contributed by atoms with Crippen LogP contribution in [-0.4, -0.2) is 24.5 Å². The second-order valence-electron chi connectivity index (χ2n) is 4.40. The summed E-state index contributed by atoms with van der Waals surface area (Å²) in [6.07, 6.45) is 3.95. The maximum absolute atomic E-state index is 5.90. The van der Waals surface area contributed by atoms with E-state index in [-0.39, 0.29) is 0 Å². The molecule has 1 aliphatic rings. The molecule has 2 rings (SSSR count). The molecule has 0 unspecified atom stereocenters. The van der Waals surface area contributed by atoms with Crippen LogP contribution in [0.4, 0.5) is 0 Å². The zero-order chi connectivity index (χ0) is 11.4. The molecule has 1 aromatic carbocycles. The van der Waals surface area contributed by atoms with Gasteiger partial charge in [-0.15, -0.1) is 0 Å². The van der Waals surface area contributed by atoms with Crippen LogP contribution >= 0.6 is 11.6 Å². The van der Waals surface area contributed by atoms with E-state index in [0.717, 1.165) is 5.02 Å². The largest absolute Gasteiger partial charge is 0.329 e. The van der Waals surface area contributed by atoms with Crippen molar-refractivity contribution < 1.29 is 0 Å². The van der Waals surface area contributed by atoms with Gasteiger partial charge in [0, 0.05) is 17.6 Å². The molecule has 0 radical (unpaired) electrons. The molecule has 1 atom stereocenters. The lowest BCUT2D eigenvalue weighted by atomic mass is 10.0. The fourth-order valence-corrected chi connectivity index (χ4v) is 2.54. The Morgan fingerprint density at radius 2 is 1.75 bits per heavy atom. The molecular weight excluding hydrogens is 220 g/mol. The van der Waals surface area contributed by atoms with Gasteiger partial charge in [0.2, 0.25) is 0 Å². The minimum Gasteiger partial charge on any atom is -0.329 e. The lowest BCUT2D eigenvalue weighted by Gasteiger charge is -2.34. The number of hydrogen-bond acceptors (Lipinski definition) is 2. The number of nitrogens with zero attached hydrogens (tertiary/aromatic N) is 1. The summed E-state index contributed by atoms with van der Waals surface area (Å²) >= 11 is 5.90. The smallest absolute Gasteiger partial charge is 0.0470 e. The molecule has 1 heterocycles. The van der Waals surface area contributed by atoms with E-state index >= 15 is 0 Å². The summed E-state index contributed by atoms with van der Waals surface area (Å²) in [6.45, 7) is 3.02. The second kappa shape index (κ2) is 5.67. The molecule has 3 heteroatoms. The Hall–Kier alpha value is -0.570. The Labute approximate surface area is 102 Å². The topological polar surface area (TPSA) is 29.3 Å². The molecule has 1 fully saturated rings. The van der Waals surface area contributed by atoms with E-state index in [4.69, 9.17) is 17.3 Å². The van der Waals surface area contributed by atoms with E-state index in [0.29, 0.717) is 12.6 Å². The van der Waals surface area contributed by atoms with Crippen molar-refractivity contribution in [3.05, 3.63) is 34.9 Å². The van der Waals surface area contributed by atoms with Gasteiger partial charge in [-0.25, -0.2) is 0 Å². The number of benzene rings is 1. The molecule has 16 heavy (non-hydrogen) atoms. The van der Waals surface area contributed by atoms with Crippen molar-refractivity contribution in [3.8, 4) is 0 Å². The van der Waals surface area contributed by atoms with Crippen LogP contribution in [0.2, 0.25) is 5.02 Å². The summed E-state index contributed by atoms with van der Waals surface area (Å²) in [6, 6.07) is 8.44. The van der Waals surface area contributed by atoms with Crippen molar-refractivity contribution in [1.82, 2.24) is 4.90 Å². The summed E-state index contributed by atoms with van der Waals surface area (Å²) in [5.41, 5.74) is 7.18. The summed E-state index contributed by atoms with van der Waals surface area (Å²) in [5, 5.41) is 0.790. The fourth-order valence-electron chi connectivity index (χ4n) is 2.41. The number of halogens is 1. The molecule has 0 aliphatic carbocycles. The van der Waals surface area contributed by atoms with E-state index in [1.165, 1.54) is 37.9 Å². The molecule has 1 saturated heterocycles. The number of nitrogens with two attached hydrogens (primary N) is 1. The van der Waals surface area contributed by atoms with Crippen LogP contribution in [-0.2, 0) is 0 Å². The highest BCUT2D eigenvalue weighted by atomic mass is 35.5. The Morgan fingerprint density at radius 3 is 2.31 bits per heavy atom. The average molecular weight is 239 g/mol. The van der Waals surface area contributed by atoms with Gasteiger partial charge in [0.05, 0.1) is 0 Å². The third-order valence-corrected chi connectivity index (χ3v) is 3.56. The van der Waals surface area contributed by atoms with Gasteiger partial charge in [-0.05, 0) is 43.6 Å². The molecule has 2 N–H and O–H groups in total. The van der Waals surface area contributed by atoms with Crippen LogP contribution in [0, 0.1) is 0 Å². The Bertz CT molecular complexity index is 317. The first-order valence-corrected chi connectivity index (χ1v) is 6.38. The van der Waals surface area contributed by atoms with Crippen LogP contribution in [0.15, 0.2) is 24.3 Å². The molecule has 0 aromatic heterocycles. The van der Waals surface area contributed by atoms with Gasteiger partial charge >= 0.3 is 0 Å². The normalized spacial score (nSPS) is 19.6. The number of rotatable bonds is 3. The van der Waals surface area contributed by atoms with Crippen LogP contribution in [0.3, 0.4) is 0 Å². The quantitative estimate of drug-likeness (QED) is 0.878. The van der Waals surface area contributed by atoms with Crippen molar-refractivity contribution in [2.45, 2.75) is 25.3 Å². The van der Waals surface area contributed by atoms with Gasteiger partial charge in [0.1, 0.15) is 0 Å². The van der Waals surface area contributed by atoms with E-state index in [1.54, 1.807) is 0 Å². The third-order valence-electron chi connectivity index (χ3n) is 3.31. The molecule has 0 spiro atoms. The monoisotopic (exact) mass is 238 g/mol. The zero-order valence-corrected chi connectivity index (χ0v) is 10.3. The summed E-state index contributed by atoms with van der Waals surface area (Å²) in [4.78, 5) is 2.49. The first kappa shape index (κ1) is 11.9. The lowest BCUT2D eigenvalue weighted by molar-refractivity contribution is 0.167. The minimum atomic E-state index is 0.359. The van der Waals surface area contributed by atoms with Gasteiger partial charge in [-0.1, -0.05) is 30.2 Å². The predicted molar refractivity (Wildman–Crippen MR) is 68.7 cm³/mol. The molecule has 0 saturated carbocycles. The standard InChI is InChI=1S/C13H19ClN2/c14-12-6-4-11(5-7-12)13(10-15)16-8-2-1-3-9-16/h4-7,13H,1-3,8-10,15H2/t13-/m0/s1.